The molecule has 2 aromatic rings. The molecule has 3 nitrogen and oxygen atoms in total. The lowest BCUT2D eigenvalue weighted by atomic mass is 10.0. The highest BCUT2D eigenvalue weighted by atomic mass is 79.9. The second-order valence-electron chi connectivity index (χ2n) is 4.38. The number of nitrogens with one attached hydrogen (secondary N) is 1. The standard InChI is InChI=1S/C16H14BrNO2S/c1-11-4-5-13(9-12(11)3-2-8-19)16(20)18-10-14-6-7-15(17)21-14/h4-7,9,19H,8,10H2,1H3,(H,18,20). The minimum atomic E-state index is -0.191. The largest absolute Gasteiger partial charge is 0.384 e. The van der Waals surface area contributed by atoms with E-state index >= 15 is 0 Å². The van der Waals surface area contributed by atoms with Crippen molar-refractivity contribution in [1.29, 1.82) is 0 Å². The molecule has 0 saturated heterocycles. The number of halogens is 1. The fourth-order valence-corrected chi connectivity index (χ4v) is 3.17. The average Bonchev–Trinajstić information content (AvgIpc) is 2.89. The lowest BCUT2D eigenvalue weighted by Gasteiger charge is -2.06. The average molecular weight is 364 g/mol. The molecule has 0 spiro atoms. The van der Waals surface area contributed by atoms with Gasteiger partial charge in [0.05, 0.1) is 10.3 Å². The van der Waals surface area contributed by atoms with Crippen molar-refractivity contribution in [1.82, 2.24) is 5.32 Å². The zero-order valence-corrected chi connectivity index (χ0v) is 13.8. The lowest BCUT2D eigenvalue weighted by Crippen LogP contribution is -2.22. The zero-order chi connectivity index (χ0) is 15.2. The number of hydrogen-bond donors (Lipinski definition) is 2. The molecule has 2 rings (SSSR count). The minimum Gasteiger partial charge on any atom is -0.384 e. The maximum absolute atomic E-state index is 12.1. The van der Waals surface area contributed by atoms with E-state index in [0.717, 1.165) is 19.8 Å². The molecule has 0 aliphatic carbocycles. The first-order chi connectivity index (χ1) is 10.1. The summed E-state index contributed by atoms with van der Waals surface area (Å²) in [4.78, 5) is 13.2. The molecule has 1 aromatic heterocycles. The molecular weight excluding hydrogens is 350 g/mol. The number of aryl methyl sites for hydroxylation is 1. The fraction of sp³-hybridized carbons (Fsp3) is 0.188. The third-order valence-electron chi connectivity index (χ3n) is 2.85. The van der Waals surface area contributed by atoms with E-state index in [4.69, 9.17) is 5.11 Å². The van der Waals surface area contributed by atoms with Gasteiger partial charge in [0.2, 0.25) is 0 Å². The first-order valence-electron chi connectivity index (χ1n) is 6.33. The van der Waals surface area contributed by atoms with Gasteiger partial charge in [-0.3, -0.25) is 4.79 Å². The van der Waals surface area contributed by atoms with E-state index in [1.165, 1.54) is 0 Å². The van der Waals surface area contributed by atoms with E-state index in [-0.39, 0.29) is 12.5 Å². The topological polar surface area (TPSA) is 49.3 Å². The molecule has 0 saturated carbocycles. The van der Waals surface area contributed by atoms with Crippen molar-refractivity contribution in [3.05, 3.63) is 55.7 Å². The minimum absolute atomic E-state index is 0.133. The van der Waals surface area contributed by atoms with Crippen LogP contribution in [0.3, 0.4) is 0 Å². The molecule has 2 N–H and O–H groups in total. The number of carbonyl (C=O) groups excluding carboxylic acids is 1. The summed E-state index contributed by atoms with van der Waals surface area (Å²) in [7, 11) is 0. The van der Waals surface area contributed by atoms with Crippen molar-refractivity contribution in [2.45, 2.75) is 13.5 Å². The Bertz CT molecular complexity index is 713. The Morgan fingerprint density at radius 1 is 1.38 bits per heavy atom. The van der Waals surface area contributed by atoms with Gasteiger partial charge >= 0.3 is 0 Å². The summed E-state index contributed by atoms with van der Waals surface area (Å²) >= 11 is 4.99. The molecule has 1 heterocycles. The number of aliphatic hydroxyl groups excluding tert-OH is 1. The molecule has 108 valence electrons. The summed E-state index contributed by atoms with van der Waals surface area (Å²) in [6, 6.07) is 9.32. The number of aliphatic hydroxyl groups is 1. The van der Waals surface area contributed by atoms with Gasteiger partial charge in [0, 0.05) is 16.0 Å². The third kappa shape index (κ3) is 4.43. The summed E-state index contributed by atoms with van der Waals surface area (Å²) in [5.74, 6) is 5.32. The maximum atomic E-state index is 12.1. The van der Waals surface area contributed by atoms with Crippen LogP contribution in [-0.4, -0.2) is 17.6 Å². The maximum Gasteiger partial charge on any atom is 0.251 e. The summed E-state index contributed by atoms with van der Waals surface area (Å²) in [6.45, 7) is 2.23. The molecule has 1 amide bonds. The Kier molecular flexibility index (Phi) is 5.57. The number of amides is 1. The number of hydrogen-bond acceptors (Lipinski definition) is 3. The normalized spacial score (nSPS) is 9.86. The second-order valence-corrected chi connectivity index (χ2v) is 6.93. The molecule has 0 unspecified atom stereocenters. The van der Waals surface area contributed by atoms with Crippen molar-refractivity contribution in [3.63, 3.8) is 0 Å². The molecule has 5 heteroatoms. The molecule has 0 radical (unpaired) electrons. The van der Waals surface area contributed by atoms with Gasteiger partial charge in [-0.2, -0.15) is 0 Å². The molecule has 0 aliphatic heterocycles. The van der Waals surface area contributed by atoms with Crippen LogP contribution in [0.25, 0.3) is 0 Å². The summed E-state index contributed by atoms with van der Waals surface area (Å²) < 4.78 is 1.05. The van der Waals surface area contributed by atoms with Crippen LogP contribution in [0.15, 0.2) is 34.1 Å². The van der Waals surface area contributed by atoms with Crippen LogP contribution in [0.4, 0.5) is 0 Å². The Morgan fingerprint density at radius 3 is 2.86 bits per heavy atom. The predicted molar refractivity (Wildman–Crippen MR) is 88.3 cm³/mol. The van der Waals surface area contributed by atoms with Gasteiger partial charge < -0.3 is 10.4 Å². The molecule has 0 bridgehead atoms. The molecule has 0 atom stereocenters. The number of thiophene rings is 1. The van der Waals surface area contributed by atoms with Gasteiger partial charge in [-0.25, -0.2) is 0 Å². The van der Waals surface area contributed by atoms with Gasteiger partial charge in [0.25, 0.3) is 5.91 Å². The van der Waals surface area contributed by atoms with Gasteiger partial charge in [0.1, 0.15) is 6.61 Å². The lowest BCUT2D eigenvalue weighted by molar-refractivity contribution is 0.0951. The van der Waals surface area contributed by atoms with Crippen molar-refractivity contribution in [3.8, 4) is 11.8 Å². The van der Waals surface area contributed by atoms with Crippen molar-refractivity contribution < 1.29 is 9.90 Å². The molecule has 1 aromatic carbocycles. The Morgan fingerprint density at radius 2 is 2.19 bits per heavy atom. The van der Waals surface area contributed by atoms with Crippen molar-refractivity contribution >= 4 is 33.2 Å². The number of rotatable bonds is 3. The van der Waals surface area contributed by atoms with Crippen LogP contribution < -0.4 is 5.32 Å². The predicted octanol–water partition coefficient (Wildman–Crippen LogP) is 3.09. The molecule has 21 heavy (non-hydrogen) atoms. The first kappa shape index (κ1) is 15.8. The first-order valence-corrected chi connectivity index (χ1v) is 7.94. The number of carbonyl (C=O) groups is 1. The van der Waals surface area contributed by atoms with E-state index in [0.29, 0.717) is 12.1 Å². The van der Waals surface area contributed by atoms with Gasteiger partial charge in [-0.1, -0.05) is 17.9 Å². The second kappa shape index (κ2) is 7.41. The van der Waals surface area contributed by atoms with Gasteiger partial charge in [-0.15, -0.1) is 11.3 Å². The van der Waals surface area contributed by atoms with Crippen LogP contribution in [0.5, 0.6) is 0 Å². The van der Waals surface area contributed by atoms with Crippen LogP contribution in [0, 0.1) is 18.8 Å². The van der Waals surface area contributed by atoms with Crippen LogP contribution in [0.1, 0.15) is 26.4 Å². The monoisotopic (exact) mass is 363 g/mol. The fourth-order valence-electron chi connectivity index (χ4n) is 1.75. The quantitative estimate of drug-likeness (QED) is 0.823. The third-order valence-corrected chi connectivity index (χ3v) is 4.48. The highest BCUT2D eigenvalue weighted by Gasteiger charge is 2.08. The van der Waals surface area contributed by atoms with Crippen molar-refractivity contribution in [2.24, 2.45) is 0 Å². The summed E-state index contributed by atoms with van der Waals surface area (Å²) in [5, 5.41) is 11.6. The highest BCUT2D eigenvalue weighted by Crippen LogP contribution is 2.21. The summed E-state index contributed by atoms with van der Waals surface area (Å²) in [5.41, 5.74) is 2.31. The number of benzene rings is 1. The molecule has 0 aliphatic rings. The van der Waals surface area contributed by atoms with E-state index in [1.807, 2.05) is 25.1 Å². The Balaban J connectivity index is 2.08. The zero-order valence-electron chi connectivity index (χ0n) is 11.4. The van der Waals surface area contributed by atoms with E-state index in [9.17, 15) is 4.79 Å². The molecular formula is C16H14BrNO2S. The van der Waals surface area contributed by atoms with Crippen LogP contribution >= 0.6 is 27.3 Å². The van der Waals surface area contributed by atoms with Crippen molar-refractivity contribution in [2.75, 3.05) is 6.61 Å². The SMILES string of the molecule is Cc1ccc(C(=O)NCc2ccc(Br)s2)cc1C#CCO. The van der Waals surface area contributed by atoms with Crippen LogP contribution in [0.2, 0.25) is 0 Å². The van der Waals surface area contributed by atoms with E-state index in [2.05, 4.69) is 33.1 Å². The smallest absolute Gasteiger partial charge is 0.251 e. The summed E-state index contributed by atoms with van der Waals surface area (Å²) in [6.07, 6.45) is 0. The van der Waals surface area contributed by atoms with Gasteiger partial charge in [-0.05, 0) is 52.7 Å². The highest BCUT2D eigenvalue weighted by molar-refractivity contribution is 9.11. The Labute approximate surface area is 136 Å². The van der Waals surface area contributed by atoms with E-state index < -0.39 is 0 Å². The van der Waals surface area contributed by atoms with E-state index in [1.54, 1.807) is 23.5 Å². The van der Waals surface area contributed by atoms with Crippen LogP contribution in [-0.2, 0) is 6.54 Å². The molecule has 0 fully saturated rings. The Hall–Kier alpha value is -1.61. The van der Waals surface area contributed by atoms with Gasteiger partial charge in [0.15, 0.2) is 0 Å².